The van der Waals surface area contributed by atoms with Crippen molar-refractivity contribution in [1.29, 1.82) is 0 Å². The van der Waals surface area contributed by atoms with Crippen LogP contribution in [-0.4, -0.2) is 76.2 Å². The number of nitrogens with one attached hydrogen (secondary N) is 1. The number of imidazole rings is 1. The predicted molar refractivity (Wildman–Crippen MR) is 164 cm³/mol. The number of nitrogen functional groups attached to an aromatic ring is 1. The van der Waals surface area contributed by atoms with Gasteiger partial charge in [-0.05, 0) is 18.6 Å². The number of nitrogens with zero attached hydrogens (tertiary/aromatic N) is 3. The Balaban J connectivity index is 1.58. The number of rotatable bonds is 15. The molecule has 4 rings (SSSR count). The predicted octanol–water partition coefficient (Wildman–Crippen LogP) is 1.96. The lowest BCUT2D eigenvalue weighted by atomic mass is 10.0. The van der Waals surface area contributed by atoms with Crippen LogP contribution in [0.4, 0.5) is 5.95 Å². The second-order valence-electron chi connectivity index (χ2n) is 9.41. The summed E-state index contributed by atoms with van der Waals surface area (Å²) in [5.41, 5.74) is 11.4. The minimum absolute atomic E-state index is 0.0102. The highest BCUT2D eigenvalue weighted by Crippen LogP contribution is 2.66. The second kappa shape index (κ2) is 15.0. The van der Waals surface area contributed by atoms with E-state index in [9.17, 15) is 33.1 Å². The molecule has 0 bridgehead atoms. The normalized spacial score (nSPS) is 21.9. The summed E-state index contributed by atoms with van der Waals surface area (Å²) in [5, 5.41) is -0.152. The van der Waals surface area contributed by atoms with Crippen LogP contribution in [0, 0.1) is 0 Å². The van der Waals surface area contributed by atoms with Crippen LogP contribution in [0.2, 0.25) is 0 Å². The van der Waals surface area contributed by atoms with E-state index in [2.05, 4.69) is 23.6 Å². The maximum atomic E-state index is 13.5. The van der Waals surface area contributed by atoms with Crippen molar-refractivity contribution in [1.82, 2.24) is 19.5 Å². The minimum Gasteiger partial charge on any atom is -0.456 e. The zero-order chi connectivity index (χ0) is 33.9. The average Bonchev–Trinajstić information content (AvgIpc) is 3.54. The van der Waals surface area contributed by atoms with E-state index in [4.69, 9.17) is 35.3 Å². The minimum atomic E-state index is -5.79. The summed E-state index contributed by atoms with van der Waals surface area (Å²) in [5.74, 6) is -0.314. The smallest absolute Gasteiger partial charge is 0.456 e. The molecule has 254 valence electrons. The monoisotopic (exact) mass is 746 g/mol. The fourth-order valence-corrected chi connectivity index (χ4v) is 9.49. The Bertz CT molecular complexity index is 1770. The van der Waals surface area contributed by atoms with Crippen LogP contribution in [-0.2, 0) is 36.3 Å². The van der Waals surface area contributed by atoms with Crippen LogP contribution in [0.15, 0.2) is 35.4 Å². The van der Waals surface area contributed by atoms with E-state index in [-0.39, 0.29) is 34.3 Å². The average molecular weight is 747 g/mol. The van der Waals surface area contributed by atoms with Crippen molar-refractivity contribution in [2.24, 2.45) is 5.73 Å². The van der Waals surface area contributed by atoms with Gasteiger partial charge in [0, 0.05) is 24.0 Å². The van der Waals surface area contributed by atoms with E-state index in [1.165, 1.54) is 32.5 Å². The standard InChI is InChI=1S/C21H29N6O14P3S2/c1-11(46-45-7-6-22)12-4-2-3-5-13(12)20(29)39-14-8-16(27-10-24-17-18(27)25-21(23)26-19(17)28)38-15(14)9-37-43(33,34)41-44(35,36)40-42(30,31)32/h2-5,10-11,14-16H,6-9,22H2,1H3,(H,33,34)(H,35,36)(H2,30,31,32)(H3,23,25,26,28)/t11?,14-,15?,16-/m1/s1. The molecule has 46 heavy (non-hydrogen) atoms. The van der Waals surface area contributed by atoms with Crippen molar-refractivity contribution in [2.75, 3.05) is 24.6 Å². The third kappa shape index (κ3) is 9.71. The Kier molecular flexibility index (Phi) is 11.9. The summed E-state index contributed by atoms with van der Waals surface area (Å²) in [6, 6.07) is 6.69. The molecule has 0 amide bonds. The van der Waals surface area contributed by atoms with E-state index in [0.717, 1.165) is 0 Å². The number of ether oxygens (including phenoxy) is 2. The van der Waals surface area contributed by atoms with Gasteiger partial charge in [0.1, 0.15) is 18.4 Å². The van der Waals surface area contributed by atoms with Crippen molar-refractivity contribution < 1.29 is 60.7 Å². The fourth-order valence-electron chi connectivity index (χ4n) is 4.26. The highest BCUT2D eigenvalue weighted by Gasteiger charge is 2.44. The number of hydrogen-bond donors (Lipinski definition) is 7. The number of carbonyl (C=O) groups is 1. The van der Waals surface area contributed by atoms with Gasteiger partial charge in [0.2, 0.25) is 5.95 Å². The molecular formula is C21H29N6O14P3S2. The Labute approximate surface area is 267 Å². The number of nitrogens with two attached hydrogens (primary N) is 2. The molecule has 4 unspecified atom stereocenters. The largest absolute Gasteiger partial charge is 0.490 e. The Morgan fingerprint density at radius 1 is 1.20 bits per heavy atom. The van der Waals surface area contributed by atoms with Crippen molar-refractivity contribution in [3.05, 3.63) is 52.1 Å². The Hall–Kier alpha value is -2.13. The molecule has 3 aromatic rings. The molecule has 0 radical (unpaired) electrons. The number of aromatic amines is 1. The molecular weight excluding hydrogens is 717 g/mol. The first-order valence-corrected chi connectivity index (χ1v) is 19.8. The quantitative estimate of drug-likeness (QED) is 0.0506. The van der Waals surface area contributed by atoms with Gasteiger partial charge >= 0.3 is 29.4 Å². The van der Waals surface area contributed by atoms with Crippen LogP contribution in [0.3, 0.4) is 0 Å². The van der Waals surface area contributed by atoms with Gasteiger partial charge in [0.15, 0.2) is 11.2 Å². The van der Waals surface area contributed by atoms with E-state index in [0.29, 0.717) is 17.9 Å². The molecule has 1 fully saturated rings. The van der Waals surface area contributed by atoms with Crippen LogP contribution in [0.5, 0.6) is 0 Å². The number of fused-ring (bicyclic) bond motifs is 1. The maximum Gasteiger partial charge on any atom is 0.490 e. The molecule has 3 heterocycles. The third-order valence-electron chi connectivity index (χ3n) is 6.05. The molecule has 1 aromatic carbocycles. The van der Waals surface area contributed by atoms with Gasteiger partial charge in [-0.25, -0.2) is 23.5 Å². The van der Waals surface area contributed by atoms with Crippen LogP contribution >= 0.6 is 45.1 Å². The van der Waals surface area contributed by atoms with Gasteiger partial charge in [-0.2, -0.15) is 13.6 Å². The van der Waals surface area contributed by atoms with Gasteiger partial charge in [-0.3, -0.25) is 18.9 Å². The highest BCUT2D eigenvalue weighted by atomic mass is 33.1. The Morgan fingerprint density at radius 3 is 2.61 bits per heavy atom. The number of carbonyl (C=O) groups excluding carboxylic acids is 1. The molecule has 25 heteroatoms. The Morgan fingerprint density at radius 2 is 1.91 bits per heavy atom. The van der Waals surface area contributed by atoms with Gasteiger partial charge in [-0.15, -0.1) is 0 Å². The second-order valence-corrected chi connectivity index (χ2v) is 16.7. The van der Waals surface area contributed by atoms with Crippen molar-refractivity contribution in [3.63, 3.8) is 0 Å². The SMILES string of the molecule is CC(SSCCN)c1ccccc1C(=O)O[C@@H]1C[C@H](n2cnc3c(=O)[nH]c(N)nc32)OC1COP(=O)(O)OP(=O)(O)OP(=O)(O)O. The molecule has 0 spiro atoms. The van der Waals surface area contributed by atoms with Crippen molar-refractivity contribution in [2.45, 2.75) is 37.0 Å². The van der Waals surface area contributed by atoms with E-state index >= 15 is 0 Å². The highest BCUT2D eigenvalue weighted by molar-refractivity contribution is 8.76. The first-order chi connectivity index (χ1) is 21.5. The molecule has 6 atom stereocenters. The topological polar surface area (TPSA) is 311 Å². The zero-order valence-corrected chi connectivity index (χ0v) is 27.9. The summed E-state index contributed by atoms with van der Waals surface area (Å²) >= 11 is 0. The first-order valence-electron chi connectivity index (χ1n) is 12.9. The number of phosphoric acid groups is 3. The summed E-state index contributed by atoms with van der Waals surface area (Å²) in [4.78, 5) is 73.1. The summed E-state index contributed by atoms with van der Waals surface area (Å²) < 4.78 is 60.4. The number of hydrogen-bond acceptors (Lipinski definition) is 16. The molecule has 1 saturated heterocycles. The lowest BCUT2D eigenvalue weighted by Crippen LogP contribution is -2.31. The molecule has 0 saturated carbocycles. The number of phosphoric ester groups is 1. The maximum absolute atomic E-state index is 13.5. The van der Waals surface area contributed by atoms with E-state index in [1.807, 2.05) is 6.92 Å². The number of benzene rings is 1. The van der Waals surface area contributed by atoms with Crippen LogP contribution < -0.4 is 17.0 Å². The van der Waals surface area contributed by atoms with Gasteiger partial charge in [-0.1, -0.05) is 39.8 Å². The first kappa shape index (κ1) is 36.7. The van der Waals surface area contributed by atoms with Gasteiger partial charge in [0.05, 0.1) is 18.5 Å². The number of aromatic nitrogens is 4. The molecule has 2 aromatic heterocycles. The molecule has 1 aliphatic heterocycles. The molecule has 9 N–H and O–H groups in total. The number of anilines is 1. The van der Waals surface area contributed by atoms with Gasteiger partial charge in [0.25, 0.3) is 5.56 Å². The van der Waals surface area contributed by atoms with E-state index < -0.39 is 60.0 Å². The fraction of sp³-hybridized carbons (Fsp3) is 0.429. The van der Waals surface area contributed by atoms with Crippen LogP contribution in [0.25, 0.3) is 11.2 Å². The molecule has 0 aliphatic carbocycles. The summed E-state index contributed by atoms with van der Waals surface area (Å²) in [6.45, 7) is 1.46. The third-order valence-corrected chi connectivity index (χ3v) is 12.7. The molecule has 1 aliphatic rings. The van der Waals surface area contributed by atoms with Crippen LogP contribution in [0.1, 0.15) is 40.7 Å². The van der Waals surface area contributed by atoms with Crippen molar-refractivity contribution in [3.8, 4) is 0 Å². The van der Waals surface area contributed by atoms with Crippen molar-refractivity contribution >= 4 is 68.1 Å². The lowest BCUT2D eigenvalue weighted by Gasteiger charge is -2.22. The summed E-state index contributed by atoms with van der Waals surface area (Å²) in [7, 11) is -13.9. The van der Waals surface area contributed by atoms with E-state index in [1.54, 1.807) is 24.3 Å². The van der Waals surface area contributed by atoms with Gasteiger partial charge < -0.3 is 40.5 Å². The number of H-pyrrole nitrogens is 1. The zero-order valence-electron chi connectivity index (χ0n) is 23.6. The number of esters is 1. The lowest BCUT2D eigenvalue weighted by molar-refractivity contribution is -0.0490. The summed E-state index contributed by atoms with van der Waals surface area (Å²) in [6.07, 6.45) is -2.52. The molecule has 20 nitrogen and oxygen atoms in total.